The predicted molar refractivity (Wildman–Crippen MR) is 64.4 cm³/mol. The van der Waals surface area contributed by atoms with E-state index in [9.17, 15) is 4.57 Å². The van der Waals surface area contributed by atoms with Crippen LogP contribution in [-0.2, 0) is 4.57 Å². The van der Waals surface area contributed by atoms with Crippen molar-refractivity contribution in [1.29, 1.82) is 0 Å². The zero-order valence-electron chi connectivity index (χ0n) is 9.56. The Labute approximate surface area is 97.6 Å². The molecular weight excluding hydrogens is 229 g/mol. The molecule has 0 aromatic carbocycles. The first-order valence-corrected chi connectivity index (χ1v) is 7.06. The molecule has 0 amide bonds. The van der Waals surface area contributed by atoms with E-state index in [1.54, 1.807) is 4.90 Å². The van der Waals surface area contributed by atoms with Crippen molar-refractivity contribution in [3.05, 3.63) is 14.1 Å². The first kappa shape index (κ1) is 16.0. The molecule has 0 fully saturated rings. The summed E-state index contributed by atoms with van der Waals surface area (Å²) in [4.78, 5) is 19.6. The van der Waals surface area contributed by atoms with Gasteiger partial charge in [-0.1, -0.05) is 0 Å². The monoisotopic (exact) mass is 251 g/mol. The molecule has 16 heavy (non-hydrogen) atoms. The molecule has 6 nitrogen and oxygen atoms in total. The second-order valence-corrected chi connectivity index (χ2v) is 5.24. The zero-order valence-corrected chi connectivity index (χ0v) is 10.5. The lowest BCUT2D eigenvalue weighted by atomic mass is 10.3. The molecule has 0 aliphatic carbocycles. The molecular formula is C9H22N3O3P. The molecule has 96 valence electrons. The highest BCUT2D eigenvalue weighted by Gasteiger charge is 2.18. The largest absolute Gasteiger partial charge is 0.339 e. The quantitative estimate of drug-likeness (QED) is 0.322. The van der Waals surface area contributed by atoms with Crippen molar-refractivity contribution in [3.8, 4) is 0 Å². The van der Waals surface area contributed by atoms with E-state index in [-0.39, 0.29) is 6.29 Å². The number of rotatable bonds is 10. The second kappa shape index (κ2) is 9.10. The van der Waals surface area contributed by atoms with Crippen molar-refractivity contribution in [2.24, 2.45) is 0 Å². The zero-order chi connectivity index (χ0) is 12.4. The highest BCUT2D eigenvalue weighted by Crippen LogP contribution is 2.35. The third kappa shape index (κ3) is 10.5. The summed E-state index contributed by atoms with van der Waals surface area (Å²) in [5, 5.41) is 5.52. The van der Waals surface area contributed by atoms with Crippen LogP contribution in [0.25, 0.3) is 0 Å². The van der Waals surface area contributed by atoms with Gasteiger partial charge in [0.25, 0.3) is 0 Å². The SMILES string of the molecule is [CH2]NCCCN(CCCN[CH2])CP(=O)(O)O. The number of hydrogen-bond donors (Lipinski definition) is 4. The molecule has 7 heteroatoms. The Morgan fingerprint density at radius 3 is 1.81 bits per heavy atom. The van der Waals surface area contributed by atoms with E-state index >= 15 is 0 Å². The Morgan fingerprint density at radius 1 is 1.06 bits per heavy atom. The fraction of sp³-hybridized carbons (Fsp3) is 0.778. The molecule has 0 bridgehead atoms. The lowest BCUT2D eigenvalue weighted by molar-refractivity contribution is 0.270. The van der Waals surface area contributed by atoms with Crippen LogP contribution in [0.4, 0.5) is 0 Å². The van der Waals surface area contributed by atoms with Gasteiger partial charge < -0.3 is 20.4 Å². The summed E-state index contributed by atoms with van der Waals surface area (Å²) >= 11 is 0. The minimum Gasteiger partial charge on any atom is -0.324 e. The van der Waals surface area contributed by atoms with Crippen LogP contribution < -0.4 is 10.6 Å². The fourth-order valence-corrected chi connectivity index (χ4v) is 2.17. The van der Waals surface area contributed by atoms with Crippen molar-refractivity contribution in [3.63, 3.8) is 0 Å². The Kier molecular flexibility index (Phi) is 9.12. The number of nitrogens with one attached hydrogen (secondary N) is 2. The van der Waals surface area contributed by atoms with Gasteiger partial charge in [0.2, 0.25) is 0 Å². The molecule has 2 radical (unpaired) electrons. The van der Waals surface area contributed by atoms with Gasteiger partial charge in [-0.25, -0.2) is 0 Å². The van der Waals surface area contributed by atoms with E-state index in [1.165, 1.54) is 0 Å². The van der Waals surface area contributed by atoms with Crippen molar-refractivity contribution >= 4 is 7.60 Å². The summed E-state index contributed by atoms with van der Waals surface area (Å²) in [6, 6.07) is 0. The van der Waals surface area contributed by atoms with E-state index in [2.05, 4.69) is 24.7 Å². The molecule has 0 aromatic heterocycles. The van der Waals surface area contributed by atoms with Crippen molar-refractivity contribution < 1.29 is 14.4 Å². The van der Waals surface area contributed by atoms with Crippen LogP contribution in [0.5, 0.6) is 0 Å². The van der Waals surface area contributed by atoms with Gasteiger partial charge in [-0.2, -0.15) is 0 Å². The maximum absolute atomic E-state index is 10.9. The maximum Gasteiger partial charge on any atom is 0.339 e. The molecule has 4 N–H and O–H groups in total. The molecule has 0 saturated heterocycles. The molecule has 0 aromatic rings. The predicted octanol–water partition coefficient (Wildman–Crippen LogP) is -0.0338. The van der Waals surface area contributed by atoms with Crippen LogP contribution in [0.15, 0.2) is 0 Å². The molecule has 0 saturated carbocycles. The summed E-state index contributed by atoms with van der Waals surface area (Å²) in [5.74, 6) is 0. The van der Waals surface area contributed by atoms with Crippen molar-refractivity contribution in [2.75, 3.05) is 32.5 Å². The van der Waals surface area contributed by atoms with Crippen LogP contribution in [0.1, 0.15) is 12.8 Å². The number of nitrogens with zero attached hydrogens (tertiary/aromatic N) is 1. The summed E-state index contributed by atoms with van der Waals surface area (Å²) in [5.41, 5.74) is 0. The van der Waals surface area contributed by atoms with Gasteiger partial charge in [-0.05, 0) is 39.0 Å². The molecule has 0 spiro atoms. The average molecular weight is 251 g/mol. The summed E-state index contributed by atoms with van der Waals surface area (Å²) in [6.07, 6.45) is 1.46. The van der Waals surface area contributed by atoms with E-state index in [1.807, 2.05) is 0 Å². The Hall–Kier alpha value is 0.0300. The molecule has 0 aliphatic heterocycles. The lowest BCUT2D eigenvalue weighted by Gasteiger charge is -2.22. The third-order valence-corrected chi connectivity index (χ3v) is 2.81. The summed E-state index contributed by atoms with van der Waals surface area (Å²) in [6.45, 7) is 2.80. The smallest absolute Gasteiger partial charge is 0.324 e. The third-order valence-electron chi connectivity index (χ3n) is 2.04. The summed E-state index contributed by atoms with van der Waals surface area (Å²) in [7, 11) is 3.02. The van der Waals surface area contributed by atoms with Crippen LogP contribution >= 0.6 is 7.60 Å². The normalized spacial score (nSPS) is 12.3. The first-order valence-electron chi connectivity index (χ1n) is 5.26. The van der Waals surface area contributed by atoms with Gasteiger partial charge in [0, 0.05) is 14.1 Å². The average Bonchev–Trinajstić information content (AvgIpc) is 2.16. The molecule has 0 unspecified atom stereocenters. The highest BCUT2D eigenvalue weighted by molar-refractivity contribution is 7.51. The molecule has 0 rings (SSSR count). The minimum absolute atomic E-state index is 0.179. The van der Waals surface area contributed by atoms with Gasteiger partial charge in [0.1, 0.15) is 6.29 Å². The topological polar surface area (TPSA) is 84.8 Å². The Morgan fingerprint density at radius 2 is 1.50 bits per heavy atom. The van der Waals surface area contributed by atoms with Crippen LogP contribution in [0.2, 0.25) is 0 Å². The van der Waals surface area contributed by atoms with Crippen molar-refractivity contribution in [2.45, 2.75) is 12.8 Å². The first-order chi connectivity index (χ1) is 7.49. The van der Waals surface area contributed by atoms with Gasteiger partial charge in [-0.15, -0.1) is 0 Å². The Balaban J connectivity index is 3.90. The standard InChI is InChI=1S/C9H22N3O3P/c1-10-5-3-7-12(8-4-6-11-2)9-16(13,14)15/h10-11H,1-9H2,(H2,13,14,15). The fourth-order valence-electron chi connectivity index (χ4n) is 1.37. The van der Waals surface area contributed by atoms with Gasteiger partial charge in [-0.3, -0.25) is 9.46 Å². The van der Waals surface area contributed by atoms with Crippen LogP contribution in [0.3, 0.4) is 0 Å². The van der Waals surface area contributed by atoms with Crippen molar-refractivity contribution in [1.82, 2.24) is 15.5 Å². The molecule has 0 atom stereocenters. The van der Waals surface area contributed by atoms with Gasteiger partial charge >= 0.3 is 7.60 Å². The van der Waals surface area contributed by atoms with E-state index in [0.29, 0.717) is 13.1 Å². The van der Waals surface area contributed by atoms with E-state index in [4.69, 9.17) is 9.79 Å². The van der Waals surface area contributed by atoms with Crippen LogP contribution in [-0.4, -0.2) is 47.2 Å². The molecule has 0 heterocycles. The van der Waals surface area contributed by atoms with Gasteiger partial charge in [0.15, 0.2) is 0 Å². The maximum atomic E-state index is 10.9. The van der Waals surface area contributed by atoms with Crippen LogP contribution in [0, 0.1) is 14.1 Å². The Bertz CT molecular complexity index is 200. The molecule has 0 aliphatic rings. The number of hydrogen-bond acceptors (Lipinski definition) is 4. The second-order valence-electron chi connectivity index (χ2n) is 3.63. The minimum atomic E-state index is -3.97. The van der Waals surface area contributed by atoms with E-state index < -0.39 is 7.60 Å². The lowest BCUT2D eigenvalue weighted by Crippen LogP contribution is -2.30. The van der Waals surface area contributed by atoms with Gasteiger partial charge in [0.05, 0.1) is 0 Å². The highest BCUT2D eigenvalue weighted by atomic mass is 31.2. The van der Waals surface area contributed by atoms with E-state index in [0.717, 1.165) is 25.9 Å². The summed E-state index contributed by atoms with van der Waals surface area (Å²) < 4.78 is 10.9.